The fraction of sp³-hybridized carbons (Fsp3) is 0.717. The third-order valence-electron chi connectivity index (χ3n) is 10.5. The van der Waals surface area contributed by atoms with Gasteiger partial charge in [0.25, 0.3) is 0 Å². The van der Waals surface area contributed by atoms with Crippen LogP contribution in [0, 0.1) is 11.3 Å². The molecule has 0 aliphatic rings. The maximum Gasteiger partial charge on any atom is 0.357 e. The van der Waals surface area contributed by atoms with Crippen molar-refractivity contribution in [3.8, 4) is 6.07 Å². The maximum absolute atomic E-state index is 11.1. The second-order valence-electron chi connectivity index (χ2n) is 19.5. The van der Waals surface area contributed by atoms with Crippen LogP contribution in [0.15, 0.2) is 10.8 Å². The van der Waals surface area contributed by atoms with Crippen LogP contribution in [-0.4, -0.2) is 106 Å². The molecule has 2 rings (SSSR count). The lowest BCUT2D eigenvalue weighted by molar-refractivity contribution is -0.124. The molecule has 2 heterocycles. The molecule has 4 atom stereocenters. The van der Waals surface area contributed by atoms with Crippen LogP contribution < -0.4 is 11.5 Å². The van der Waals surface area contributed by atoms with Crippen molar-refractivity contribution in [2.24, 2.45) is 11.5 Å². The van der Waals surface area contributed by atoms with Gasteiger partial charge in [-0.05, 0) is 103 Å². The number of ketones is 1. The number of nitrogens with zero attached hydrogens (tertiary/aromatic N) is 3. The normalized spacial score (nSPS) is 13.1. The minimum atomic E-state index is -1.83. The lowest BCUT2D eigenvalue weighted by Gasteiger charge is -2.38. The number of carbonyl (C=O) groups excluding carboxylic acids is 5. The number of ether oxygens (including phenoxy) is 2. The van der Waals surface area contributed by atoms with E-state index in [0.717, 1.165) is 17.6 Å². The van der Waals surface area contributed by atoms with Gasteiger partial charge in [-0.25, -0.2) is 19.6 Å². The predicted molar refractivity (Wildman–Crippen MR) is 290 cm³/mol. The smallest absolute Gasteiger partial charge is 0.357 e. The Hall–Kier alpha value is -3.12. The first-order valence-corrected chi connectivity index (χ1v) is 32.8. The predicted octanol–water partition coefficient (Wildman–Crippen LogP) is 11.2. The van der Waals surface area contributed by atoms with Gasteiger partial charge in [0.15, 0.2) is 47.1 Å². The van der Waals surface area contributed by atoms with E-state index in [9.17, 15) is 19.2 Å². The summed E-state index contributed by atoms with van der Waals surface area (Å²) in [6, 6.07) is 2.11. The standard InChI is InChI=1S/C9H21NO2Si.C9H21NOSSi.C9H19NOSi.C8H11NO3S.C8H9NO3S.C2H4O.CH4/c1-7(8(10)11)12-13(5,6)9(2,3)4;1-7(8(10)12)11-13(5,6)9(2,3)4;1-8(7-10)11-12(5,6)9(2,3)4;2*1-3-12-8(11)6-4-13-7(9-6)5(2)10;1-2-3;/h7H,1-6H3,(H2,10,11);7H,1-6H3,(H2,10,12);8H,1-6H3;4-5,10H,3H2,1-2H3;4H,3H2,1-2H3;2H,1H3;1H4. The second-order valence-corrected chi connectivity index (χ2v) is 36.0. The number of thiazole rings is 2. The zero-order chi connectivity index (χ0) is 54.1. The number of aldehydes is 1. The lowest BCUT2D eigenvalue weighted by Crippen LogP contribution is -2.46. The van der Waals surface area contributed by atoms with Gasteiger partial charge >= 0.3 is 11.9 Å². The number of Topliss-reactive ketones (excluding diaryl/α,β-unsaturated/α-hetero) is 1. The molecule has 0 aliphatic heterocycles. The first kappa shape index (κ1) is 73.8. The summed E-state index contributed by atoms with van der Waals surface area (Å²) >= 11 is 7.28. The highest BCUT2D eigenvalue weighted by atomic mass is 32.1. The number of hydrogen-bond acceptors (Lipinski definition) is 17. The van der Waals surface area contributed by atoms with E-state index < -0.39 is 49.1 Å². The average molecular weight is 1070 g/mol. The molecule has 2 aromatic heterocycles. The number of primary amides is 1. The van der Waals surface area contributed by atoms with Crippen LogP contribution in [0.25, 0.3) is 0 Å². The number of nitrogens with two attached hydrogens (primary N) is 2. The third-order valence-corrected chi connectivity index (χ3v) is 26.4. The van der Waals surface area contributed by atoms with Gasteiger partial charge in [-0.3, -0.25) is 9.59 Å². The van der Waals surface area contributed by atoms with Crippen molar-refractivity contribution >= 4 is 94.7 Å². The molecule has 5 N–H and O–H groups in total. The highest BCUT2D eigenvalue weighted by Crippen LogP contribution is 2.39. The Morgan fingerprint density at radius 2 is 1.09 bits per heavy atom. The molecule has 0 aromatic carbocycles. The largest absolute Gasteiger partial charge is 0.461 e. The Morgan fingerprint density at radius 1 is 0.750 bits per heavy atom. The molecule has 16 nitrogen and oxygen atoms in total. The molecule has 0 saturated carbocycles. The monoisotopic (exact) mass is 1070 g/mol. The van der Waals surface area contributed by atoms with Crippen molar-refractivity contribution in [2.45, 2.75) is 204 Å². The Kier molecular flexibility index (Phi) is 36.3. The van der Waals surface area contributed by atoms with Crippen LogP contribution in [0.2, 0.25) is 54.4 Å². The van der Waals surface area contributed by atoms with Crippen molar-refractivity contribution in [3.63, 3.8) is 0 Å². The first-order chi connectivity index (χ1) is 30.1. The van der Waals surface area contributed by atoms with Crippen molar-refractivity contribution in [1.29, 1.82) is 5.26 Å². The molecule has 0 radical (unpaired) electrons. The molecule has 1 amide bonds. The summed E-state index contributed by atoms with van der Waals surface area (Å²) in [5.41, 5.74) is 11.1. The van der Waals surface area contributed by atoms with E-state index in [1.54, 1.807) is 40.0 Å². The molecular weight excluding hydrogens is 979 g/mol. The molecule has 22 heteroatoms. The molecule has 0 saturated heterocycles. The number of rotatable bonds is 14. The van der Waals surface area contributed by atoms with Gasteiger partial charge in [0, 0.05) is 17.7 Å². The number of carbonyl (C=O) groups is 5. The first-order valence-electron chi connectivity index (χ1n) is 21.9. The third kappa shape index (κ3) is 30.5. The molecule has 0 fully saturated rings. The van der Waals surface area contributed by atoms with Crippen LogP contribution in [0.4, 0.5) is 0 Å². The van der Waals surface area contributed by atoms with Crippen LogP contribution in [0.1, 0.15) is 167 Å². The summed E-state index contributed by atoms with van der Waals surface area (Å²) in [6.45, 7) is 46.4. The van der Waals surface area contributed by atoms with Crippen LogP contribution in [-0.2, 0) is 32.3 Å². The van der Waals surface area contributed by atoms with E-state index >= 15 is 0 Å². The molecule has 2 aromatic rings. The minimum absolute atomic E-state index is 0. The minimum Gasteiger partial charge on any atom is -0.461 e. The number of hydrogen-bond donors (Lipinski definition) is 3. The highest BCUT2D eigenvalue weighted by Gasteiger charge is 2.40. The van der Waals surface area contributed by atoms with Gasteiger partial charge in [-0.15, -0.1) is 22.7 Å². The van der Waals surface area contributed by atoms with E-state index in [1.165, 1.54) is 30.6 Å². The Bertz CT molecular complexity index is 1820. The van der Waals surface area contributed by atoms with Crippen molar-refractivity contribution < 1.29 is 51.8 Å². The van der Waals surface area contributed by atoms with E-state index in [-0.39, 0.29) is 57.8 Å². The Balaban J connectivity index is -0.000000239. The van der Waals surface area contributed by atoms with E-state index in [2.05, 4.69) is 118 Å². The quantitative estimate of drug-likeness (QED) is 0.0523. The fourth-order valence-electron chi connectivity index (χ4n) is 3.51. The lowest BCUT2D eigenvalue weighted by atomic mass is 10.2. The summed E-state index contributed by atoms with van der Waals surface area (Å²) in [5, 5.41) is 22.3. The van der Waals surface area contributed by atoms with Crippen molar-refractivity contribution in [1.82, 2.24) is 9.97 Å². The molecule has 0 aliphatic carbocycles. The summed E-state index contributed by atoms with van der Waals surface area (Å²) in [6.07, 6.45) is -0.726. The molecule has 68 heavy (non-hydrogen) atoms. The van der Waals surface area contributed by atoms with Gasteiger partial charge in [0.1, 0.15) is 34.6 Å². The van der Waals surface area contributed by atoms with Crippen molar-refractivity contribution in [2.75, 3.05) is 13.2 Å². The highest BCUT2D eigenvalue weighted by molar-refractivity contribution is 7.80. The number of aliphatic hydroxyl groups is 1. The molecule has 394 valence electrons. The van der Waals surface area contributed by atoms with Gasteiger partial charge in [0.2, 0.25) is 5.91 Å². The van der Waals surface area contributed by atoms with Crippen LogP contribution >= 0.6 is 34.9 Å². The Labute approximate surface area is 426 Å². The maximum atomic E-state index is 11.1. The average Bonchev–Trinajstić information content (AvgIpc) is 3.87. The van der Waals surface area contributed by atoms with Crippen LogP contribution in [0.3, 0.4) is 0 Å². The number of aromatic nitrogens is 2. The van der Waals surface area contributed by atoms with E-state index in [4.69, 9.17) is 61.6 Å². The van der Waals surface area contributed by atoms with Gasteiger partial charge in [-0.2, -0.15) is 5.26 Å². The van der Waals surface area contributed by atoms with Gasteiger partial charge in [-0.1, -0.05) is 82.0 Å². The Morgan fingerprint density at radius 3 is 1.35 bits per heavy atom. The fourth-order valence-corrected chi connectivity index (χ4v) is 9.07. The molecule has 0 bridgehead atoms. The van der Waals surface area contributed by atoms with Gasteiger partial charge in [0.05, 0.1) is 25.4 Å². The van der Waals surface area contributed by atoms with Gasteiger partial charge < -0.3 is 44.1 Å². The second kappa shape index (κ2) is 33.5. The van der Waals surface area contributed by atoms with Crippen LogP contribution in [0.5, 0.6) is 0 Å². The summed E-state index contributed by atoms with van der Waals surface area (Å²) in [5.74, 6) is -1.44. The number of aliphatic hydroxyl groups excluding tert-OH is 1. The molecule has 0 spiro atoms. The topological polar surface area (TPSA) is 253 Å². The summed E-state index contributed by atoms with van der Waals surface area (Å²) in [4.78, 5) is 60.9. The summed E-state index contributed by atoms with van der Waals surface area (Å²) < 4.78 is 26.9. The molecule has 4 unspecified atom stereocenters. The zero-order valence-electron chi connectivity index (χ0n) is 44.7. The van der Waals surface area contributed by atoms with E-state index in [1.807, 2.05) is 6.92 Å². The molecular formula is C46H89N5O11S3Si3. The number of esters is 2. The SMILES string of the molecule is C.CC(C#N)O[Si](C)(C)C(C)(C)C.CC(O[Si](C)(C)C(C)(C)C)C(N)=O.CC(O[Si](C)(C)C(C)(C)C)C(N)=S.CC=O.CCOC(=O)c1csc(C(C)=O)n1.CCOC(=O)c1csc(C(C)O)n1. The van der Waals surface area contributed by atoms with Crippen molar-refractivity contribution in [3.05, 3.63) is 32.2 Å². The number of amides is 1. The zero-order valence-corrected chi connectivity index (χ0v) is 50.2. The number of thiocarbonyl (C=S) groups is 1. The van der Waals surface area contributed by atoms with E-state index in [0.29, 0.717) is 28.2 Å². The summed E-state index contributed by atoms with van der Waals surface area (Å²) in [7, 11) is -5.24. The number of nitriles is 1.